The quantitative estimate of drug-likeness (QED) is 0.773. The van der Waals surface area contributed by atoms with E-state index >= 15 is 0 Å². The normalized spacial score (nSPS) is 24.4. The smallest absolute Gasteiger partial charge is 0.223 e. The Morgan fingerprint density at radius 3 is 2.64 bits per heavy atom. The summed E-state index contributed by atoms with van der Waals surface area (Å²) in [5.74, 6) is 1.07. The summed E-state index contributed by atoms with van der Waals surface area (Å²) in [5.41, 5.74) is 1.16. The van der Waals surface area contributed by atoms with Gasteiger partial charge in [0.2, 0.25) is 5.91 Å². The third-order valence-corrected chi connectivity index (χ3v) is 2.76. The van der Waals surface area contributed by atoms with Crippen molar-refractivity contribution in [2.45, 2.75) is 19.9 Å². The van der Waals surface area contributed by atoms with Crippen molar-refractivity contribution in [3.63, 3.8) is 0 Å². The van der Waals surface area contributed by atoms with Crippen LogP contribution in [0.25, 0.3) is 0 Å². The molecule has 1 aromatic rings. The van der Waals surface area contributed by atoms with Gasteiger partial charge in [-0.15, -0.1) is 0 Å². The van der Waals surface area contributed by atoms with Gasteiger partial charge >= 0.3 is 0 Å². The van der Waals surface area contributed by atoms with Crippen LogP contribution >= 0.6 is 0 Å². The molecular formula is C12H15NO. The number of rotatable bonds is 3. The maximum absolute atomic E-state index is 11.5. The van der Waals surface area contributed by atoms with Gasteiger partial charge in [-0.1, -0.05) is 37.3 Å². The van der Waals surface area contributed by atoms with Crippen LogP contribution in [0.15, 0.2) is 30.3 Å². The minimum absolute atomic E-state index is 0.210. The van der Waals surface area contributed by atoms with Crippen LogP contribution < -0.4 is 5.32 Å². The first-order valence-corrected chi connectivity index (χ1v) is 5.09. The third-order valence-electron chi connectivity index (χ3n) is 2.76. The minimum Gasteiger partial charge on any atom is -0.352 e. The molecule has 0 unspecified atom stereocenters. The lowest BCUT2D eigenvalue weighted by Crippen LogP contribution is -2.24. The van der Waals surface area contributed by atoms with Gasteiger partial charge in [0.15, 0.2) is 0 Å². The molecule has 1 fully saturated rings. The average Bonchev–Trinajstić information content (AvgIpc) is 2.94. The molecule has 74 valence electrons. The number of hydrogen-bond acceptors (Lipinski definition) is 1. The summed E-state index contributed by atoms with van der Waals surface area (Å²) >= 11 is 0. The van der Waals surface area contributed by atoms with E-state index in [1.807, 2.05) is 30.3 Å². The molecule has 1 N–H and O–H groups in total. The molecule has 2 heteroatoms. The molecule has 1 aliphatic rings. The number of amides is 1. The van der Waals surface area contributed by atoms with Crippen LogP contribution in [0.4, 0.5) is 0 Å². The van der Waals surface area contributed by atoms with Crippen molar-refractivity contribution >= 4 is 5.91 Å². The van der Waals surface area contributed by atoms with Gasteiger partial charge in [-0.25, -0.2) is 0 Å². The van der Waals surface area contributed by atoms with Gasteiger partial charge in [0.1, 0.15) is 0 Å². The number of benzene rings is 1. The lowest BCUT2D eigenvalue weighted by Gasteiger charge is -2.03. The Kier molecular flexibility index (Phi) is 2.53. The van der Waals surface area contributed by atoms with Crippen LogP contribution in [-0.2, 0) is 11.3 Å². The second kappa shape index (κ2) is 3.82. The van der Waals surface area contributed by atoms with Gasteiger partial charge in [-0.05, 0) is 17.9 Å². The highest BCUT2D eigenvalue weighted by atomic mass is 16.2. The highest BCUT2D eigenvalue weighted by molar-refractivity contribution is 5.81. The lowest BCUT2D eigenvalue weighted by atomic mass is 10.2. The van der Waals surface area contributed by atoms with E-state index in [9.17, 15) is 4.79 Å². The Labute approximate surface area is 84.3 Å². The lowest BCUT2D eigenvalue weighted by molar-refractivity contribution is -0.122. The molecule has 0 aliphatic heterocycles. The first-order chi connectivity index (χ1) is 6.77. The number of hydrogen-bond donors (Lipinski definition) is 1. The molecule has 1 amide bonds. The second-order valence-electron chi connectivity index (χ2n) is 4.02. The maximum atomic E-state index is 11.5. The molecule has 0 bridgehead atoms. The first kappa shape index (κ1) is 9.25. The SMILES string of the molecule is C[C@@H]1C[C@H]1C(=O)NCc1ccccc1. The Morgan fingerprint density at radius 2 is 2.07 bits per heavy atom. The van der Waals surface area contributed by atoms with E-state index in [1.165, 1.54) is 0 Å². The summed E-state index contributed by atoms with van der Waals surface area (Å²) in [6, 6.07) is 10.0. The predicted molar refractivity (Wildman–Crippen MR) is 55.6 cm³/mol. The van der Waals surface area contributed by atoms with Crippen LogP contribution in [0.1, 0.15) is 18.9 Å². The van der Waals surface area contributed by atoms with E-state index in [1.54, 1.807) is 0 Å². The van der Waals surface area contributed by atoms with Crippen LogP contribution in [0, 0.1) is 11.8 Å². The molecule has 0 radical (unpaired) electrons. The van der Waals surface area contributed by atoms with Crippen LogP contribution in [0.2, 0.25) is 0 Å². The molecule has 0 spiro atoms. The first-order valence-electron chi connectivity index (χ1n) is 5.09. The van der Waals surface area contributed by atoms with Crippen molar-refractivity contribution in [2.75, 3.05) is 0 Å². The van der Waals surface area contributed by atoms with E-state index < -0.39 is 0 Å². The Bertz CT molecular complexity index is 320. The zero-order valence-corrected chi connectivity index (χ0v) is 8.36. The zero-order chi connectivity index (χ0) is 9.97. The average molecular weight is 189 g/mol. The molecule has 0 aromatic heterocycles. The fourth-order valence-electron chi connectivity index (χ4n) is 1.60. The Balaban J connectivity index is 1.80. The minimum atomic E-state index is 0.210. The Morgan fingerprint density at radius 1 is 1.43 bits per heavy atom. The van der Waals surface area contributed by atoms with Crippen molar-refractivity contribution in [1.82, 2.24) is 5.32 Å². The highest BCUT2D eigenvalue weighted by Crippen LogP contribution is 2.37. The Hall–Kier alpha value is -1.31. The van der Waals surface area contributed by atoms with E-state index in [-0.39, 0.29) is 11.8 Å². The van der Waals surface area contributed by atoms with E-state index in [2.05, 4.69) is 12.2 Å². The van der Waals surface area contributed by atoms with Gasteiger partial charge in [0, 0.05) is 12.5 Å². The molecule has 2 rings (SSSR count). The van der Waals surface area contributed by atoms with Crippen LogP contribution in [0.5, 0.6) is 0 Å². The molecule has 14 heavy (non-hydrogen) atoms. The number of nitrogens with one attached hydrogen (secondary N) is 1. The highest BCUT2D eigenvalue weighted by Gasteiger charge is 2.38. The summed E-state index contributed by atoms with van der Waals surface area (Å²) in [4.78, 5) is 11.5. The van der Waals surface area contributed by atoms with E-state index in [4.69, 9.17) is 0 Å². The predicted octanol–water partition coefficient (Wildman–Crippen LogP) is 1.96. The largest absolute Gasteiger partial charge is 0.352 e. The standard InChI is InChI=1S/C12H15NO/c1-9-7-11(9)12(14)13-8-10-5-3-2-4-6-10/h2-6,9,11H,7-8H2,1H3,(H,13,14)/t9-,11-/m1/s1. The summed E-state index contributed by atoms with van der Waals surface area (Å²) in [5, 5.41) is 2.95. The molecule has 0 saturated heterocycles. The molecule has 1 aliphatic carbocycles. The van der Waals surface area contributed by atoms with Crippen molar-refractivity contribution in [3.05, 3.63) is 35.9 Å². The van der Waals surface area contributed by atoms with Crippen molar-refractivity contribution < 1.29 is 4.79 Å². The summed E-state index contributed by atoms with van der Waals surface area (Å²) in [6.07, 6.45) is 1.06. The van der Waals surface area contributed by atoms with Gasteiger partial charge in [-0.3, -0.25) is 4.79 Å². The fourth-order valence-corrected chi connectivity index (χ4v) is 1.60. The van der Waals surface area contributed by atoms with Gasteiger partial charge < -0.3 is 5.32 Å². The third kappa shape index (κ3) is 2.13. The molecule has 1 aromatic carbocycles. The van der Waals surface area contributed by atoms with E-state index in [0.717, 1.165) is 12.0 Å². The summed E-state index contributed by atoms with van der Waals surface area (Å²) in [6.45, 7) is 2.77. The molecule has 0 heterocycles. The zero-order valence-electron chi connectivity index (χ0n) is 8.36. The van der Waals surface area contributed by atoms with Gasteiger partial charge in [-0.2, -0.15) is 0 Å². The van der Waals surface area contributed by atoms with Crippen LogP contribution in [-0.4, -0.2) is 5.91 Å². The number of carbonyl (C=O) groups excluding carboxylic acids is 1. The monoisotopic (exact) mass is 189 g/mol. The molecule has 2 atom stereocenters. The van der Waals surface area contributed by atoms with E-state index in [0.29, 0.717) is 12.5 Å². The van der Waals surface area contributed by atoms with Crippen molar-refractivity contribution in [1.29, 1.82) is 0 Å². The van der Waals surface area contributed by atoms with Crippen molar-refractivity contribution in [2.24, 2.45) is 11.8 Å². The van der Waals surface area contributed by atoms with Crippen LogP contribution in [0.3, 0.4) is 0 Å². The summed E-state index contributed by atoms with van der Waals surface area (Å²) in [7, 11) is 0. The fraction of sp³-hybridized carbons (Fsp3) is 0.417. The summed E-state index contributed by atoms with van der Waals surface area (Å²) < 4.78 is 0. The topological polar surface area (TPSA) is 29.1 Å². The van der Waals surface area contributed by atoms with Crippen molar-refractivity contribution in [3.8, 4) is 0 Å². The molecule has 2 nitrogen and oxygen atoms in total. The van der Waals surface area contributed by atoms with Gasteiger partial charge in [0.25, 0.3) is 0 Å². The molecule has 1 saturated carbocycles. The second-order valence-corrected chi connectivity index (χ2v) is 4.02. The number of carbonyl (C=O) groups is 1. The molecular weight excluding hydrogens is 174 g/mol. The van der Waals surface area contributed by atoms with Gasteiger partial charge in [0.05, 0.1) is 0 Å². The maximum Gasteiger partial charge on any atom is 0.223 e.